The molecule has 0 amide bonds. The molecule has 1 aliphatic rings. The molecule has 6 heteroatoms. The van der Waals surface area contributed by atoms with Gasteiger partial charge in [-0.05, 0) is 18.2 Å². The third-order valence-corrected chi connectivity index (χ3v) is 4.42. The molecule has 2 heterocycles. The number of halogens is 1. The van der Waals surface area contributed by atoms with E-state index in [1.165, 1.54) is 0 Å². The third kappa shape index (κ3) is 3.21. The first-order chi connectivity index (χ1) is 10.2. The summed E-state index contributed by atoms with van der Waals surface area (Å²) in [7, 11) is 2.06. The molecule has 0 bridgehead atoms. The number of piperazine rings is 1. The van der Waals surface area contributed by atoms with E-state index in [9.17, 15) is 0 Å². The van der Waals surface area contributed by atoms with Crippen LogP contribution in [0.15, 0.2) is 18.2 Å². The standard InChI is InChI=1S/C15H21ClN4O/c1-18-14-3-2-12(16)10-13(14)17-15(18)11-20-6-4-19(5-7-20)8-9-21/h2-3,10,21H,4-9,11H2,1H3. The molecule has 1 saturated heterocycles. The van der Waals surface area contributed by atoms with Gasteiger partial charge in [-0.2, -0.15) is 0 Å². The Hall–Kier alpha value is -1.14. The van der Waals surface area contributed by atoms with Crippen molar-refractivity contribution in [3.63, 3.8) is 0 Å². The summed E-state index contributed by atoms with van der Waals surface area (Å²) in [5, 5.41) is 9.71. The van der Waals surface area contributed by atoms with Crippen molar-refractivity contribution in [2.45, 2.75) is 6.54 Å². The van der Waals surface area contributed by atoms with Gasteiger partial charge in [0.25, 0.3) is 0 Å². The van der Waals surface area contributed by atoms with Gasteiger partial charge in [-0.25, -0.2) is 4.98 Å². The summed E-state index contributed by atoms with van der Waals surface area (Å²) >= 11 is 6.03. The van der Waals surface area contributed by atoms with E-state index in [2.05, 4.69) is 21.4 Å². The molecule has 1 aliphatic heterocycles. The summed E-state index contributed by atoms with van der Waals surface area (Å²) in [4.78, 5) is 9.42. The minimum atomic E-state index is 0.242. The monoisotopic (exact) mass is 308 g/mol. The lowest BCUT2D eigenvalue weighted by atomic mass is 10.3. The molecule has 0 aliphatic carbocycles. The van der Waals surface area contributed by atoms with E-state index in [1.54, 1.807) is 0 Å². The number of β-amino-alcohol motifs (C(OH)–C–C–N with tert-alkyl or cyclic N) is 1. The fourth-order valence-electron chi connectivity index (χ4n) is 2.88. The molecule has 0 atom stereocenters. The Morgan fingerprint density at radius 2 is 1.90 bits per heavy atom. The summed E-state index contributed by atoms with van der Waals surface area (Å²) in [6, 6.07) is 5.84. The van der Waals surface area contributed by atoms with Crippen LogP contribution < -0.4 is 0 Å². The van der Waals surface area contributed by atoms with Gasteiger partial charge in [0.05, 0.1) is 24.2 Å². The predicted molar refractivity (Wildman–Crippen MR) is 84.5 cm³/mol. The molecule has 2 aromatic rings. The lowest BCUT2D eigenvalue weighted by molar-refractivity contribution is 0.106. The van der Waals surface area contributed by atoms with Crippen LogP contribution in [-0.2, 0) is 13.6 Å². The molecule has 1 aromatic heterocycles. The predicted octanol–water partition coefficient (Wildman–Crippen LogP) is 1.34. The first kappa shape index (κ1) is 14.8. The molecular formula is C15H21ClN4O. The molecule has 0 radical (unpaired) electrons. The van der Waals surface area contributed by atoms with Crippen LogP contribution in [0, 0.1) is 0 Å². The van der Waals surface area contributed by atoms with E-state index >= 15 is 0 Å². The number of rotatable bonds is 4. The zero-order chi connectivity index (χ0) is 14.8. The summed E-state index contributed by atoms with van der Waals surface area (Å²) < 4.78 is 2.14. The van der Waals surface area contributed by atoms with Crippen molar-refractivity contribution in [3.8, 4) is 0 Å². The maximum absolute atomic E-state index is 8.98. The van der Waals surface area contributed by atoms with Crippen LogP contribution >= 0.6 is 11.6 Å². The highest BCUT2D eigenvalue weighted by atomic mass is 35.5. The molecule has 1 fully saturated rings. The Morgan fingerprint density at radius 3 is 2.62 bits per heavy atom. The fraction of sp³-hybridized carbons (Fsp3) is 0.533. The quantitative estimate of drug-likeness (QED) is 0.926. The molecule has 0 saturated carbocycles. The highest BCUT2D eigenvalue weighted by Gasteiger charge is 2.18. The minimum Gasteiger partial charge on any atom is -0.395 e. The summed E-state index contributed by atoms with van der Waals surface area (Å²) in [6.45, 7) is 5.93. The third-order valence-electron chi connectivity index (χ3n) is 4.18. The Morgan fingerprint density at radius 1 is 1.19 bits per heavy atom. The molecule has 114 valence electrons. The summed E-state index contributed by atoms with van der Waals surface area (Å²) in [6.07, 6.45) is 0. The fourth-order valence-corrected chi connectivity index (χ4v) is 3.04. The van der Waals surface area contributed by atoms with Crippen LogP contribution in [-0.4, -0.2) is 63.8 Å². The zero-order valence-electron chi connectivity index (χ0n) is 12.3. The summed E-state index contributed by atoms with van der Waals surface area (Å²) in [5.74, 6) is 1.07. The molecular weight excluding hydrogens is 288 g/mol. The number of nitrogens with zero attached hydrogens (tertiary/aromatic N) is 4. The zero-order valence-corrected chi connectivity index (χ0v) is 13.1. The van der Waals surface area contributed by atoms with Crippen LogP contribution in [0.4, 0.5) is 0 Å². The van der Waals surface area contributed by atoms with Crippen LogP contribution in [0.2, 0.25) is 5.02 Å². The Balaban J connectivity index is 1.70. The molecule has 1 aromatic carbocycles. The van der Waals surface area contributed by atoms with Gasteiger partial charge in [-0.3, -0.25) is 9.80 Å². The highest BCUT2D eigenvalue weighted by molar-refractivity contribution is 6.31. The lowest BCUT2D eigenvalue weighted by Gasteiger charge is -2.34. The average Bonchev–Trinajstić information content (AvgIpc) is 2.77. The van der Waals surface area contributed by atoms with E-state index < -0.39 is 0 Å². The van der Waals surface area contributed by atoms with Gasteiger partial charge in [0.2, 0.25) is 0 Å². The molecule has 1 N–H and O–H groups in total. The van der Waals surface area contributed by atoms with Gasteiger partial charge >= 0.3 is 0 Å². The van der Waals surface area contributed by atoms with Crippen LogP contribution in [0.1, 0.15) is 5.82 Å². The minimum absolute atomic E-state index is 0.242. The second kappa shape index (κ2) is 6.32. The van der Waals surface area contributed by atoms with Gasteiger partial charge in [-0.1, -0.05) is 11.6 Å². The van der Waals surface area contributed by atoms with Crippen molar-refractivity contribution in [2.75, 3.05) is 39.3 Å². The number of aliphatic hydroxyl groups is 1. The van der Waals surface area contributed by atoms with Gasteiger partial charge < -0.3 is 9.67 Å². The van der Waals surface area contributed by atoms with Gasteiger partial charge in [0, 0.05) is 44.8 Å². The van der Waals surface area contributed by atoms with Crippen LogP contribution in [0.25, 0.3) is 11.0 Å². The molecule has 21 heavy (non-hydrogen) atoms. The van der Waals surface area contributed by atoms with Crippen molar-refractivity contribution < 1.29 is 5.11 Å². The number of fused-ring (bicyclic) bond motifs is 1. The van der Waals surface area contributed by atoms with Crippen molar-refractivity contribution in [2.24, 2.45) is 7.05 Å². The Kier molecular flexibility index (Phi) is 4.45. The van der Waals surface area contributed by atoms with E-state index in [4.69, 9.17) is 21.7 Å². The van der Waals surface area contributed by atoms with Crippen molar-refractivity contribution in [3.05, 3.63) is 29.0 Å². The van der Waals surface area contributed by atoms with Gasteiger partial charge in [0.15, 0.2) is 0 Å². The SMILES string of the molecule is Cn1c(CN2CCN(CCO)CC2)nc2cc(Cl)ccc21. The molecule has 5 nitrogen and oxygen atoms in total. The first-order valence-electron chi connectivity index (χ1n) is 7.34. The molecule has 0 unspecified atom stereocenters. The Bertz CT molecular complexity index is 619. The number of hydrogen-bond acceptors (Lipinski definition) is 4. The maximum Gasteiger partial charge on any atom is 0.123 e. The van der Waals surface area contributed by atoms with Crippen molar-refractivity contribution in [1.29, 1.82) is 0 Å². The number of hydrogen-bond donors (Lipinski definition) is 1. The van der Waals surface area contributed by atoms with E-state index in [0.29, 0.717) is 0 Å². The van der Waals surface area contributed by atoms with E-state index in [1.807, 2.05) is 18.2 Å². The average molecular weight is 309 g/mol. The van der Waals surface area contributed by atoms with Crippen LogP contribution in [0.3, 0.4) is 0 Å². The number of aliphatic hydroxyl groups excluding tert-OH is 1. The van der Waals surface area contributed by atoms with Crippen LogP contribution in [0.5, 0.6) is 0 Å². The smallest absolute Gasteiger partial charge is 0.123 e. The first-order valence-corrected chi connectivity index (χ1v) is 7.71. The summed E-state index contributed by atoms with van der Waals surface area (Å²) in [5.41, 5.74) is 2.08. The highest BCUT2D eigenvalue weighted by Crippen LogP contribution is 2.20. The van der Waals surface area contributed by atoms with Gasteiger partial charge in [0.1, 0.15) is 5.82 Å². The topological polar surface area (TPSA) is 44.5 Å². The second-order valence-electron chi connectivity index (χ2n) is 5.56. The number of aromatic nitrogens is 2. The van der Waals surface area contributed by atoms with Gasteiger partial charge in [-0.15, -0.1) is 0 Å². The largest absolute Gasteiger partial charge is 0.395 e. The lowest BCUT2D eigenvalue weighted by Crippen LogP contribution is -2.46. The molecule has 3 rings (SSSR count). The number of imidazole rings is 1. The second-order valence-corrected chi connectivity index (χ2v) is 6.00. The van der Waals surface area contributed by atoms with Crippen molar-refractivity contribution >= 4 is 22.6 Å². The number of benzene rings is 1. The Labute approximate surface area is 129 Å². The van der Waals surface area contributed by atoms with E-state index in [-0.39, 0.29) is 6.61 Å². The maximum atomic E-state index is 8.98. The molecule has 0 spiro atoms. The normalized spacial score (nSPS) is 17.7. The van der Waals surface area contributed by atoms with E-state index in [0.717, 1.165) is 61.1 Å². The number of aryl methyl sites for hydroxylation is 1. The van der Waals surface area contributed by atoms with Crippen molar-refractivity contribution in [1.82, 2.24) is 19.4 Å².